The van der Waals surface area contributed by atoms with Crippen LogP contribution in [0.25, 0.3) is 0 Å². The van der Waals surface area contributed by atoms with Crippen LogP contribution in [0.1, 0.15) is 58.6 Å². The maximum absolute atomic E-state index is 12.4. The largest absolute Gasteiger partial charge is 0.347 e. The van der Waals surface area contributed by atoms with Gasteiger partial charge in [0.1, 0.15) is 0 Å². The maximum Gasteiger partial charge on any atom is 0.261 e. The number of hydrogen-bond donors (Lipinski definition) is 2. The summed E-state index contributed by atoms with van der Waals surface area (Å²) in [5.41, 5.74) is 7.28. The topological polar surface area (TPSA) is 55.1 Å². The molecule has 1 atom stereocenters. The van der Waals surface area contributed by atoms with Gasteiger partial charge in [-0.2, -0.15) is 0 Å². The molecule has 1 aromatic rings. The third-order valence-corrected chi connectivity index (χ3v) is 6.00. The molecule has 0 saturated heterocycles. The van der Waals surface area contributed by atoms with E-state index < -0.39 is 0 Å². The van der Waals surface area contributed by atoms with E-state index in [1.807, 2.05) is 0 Å². The molecule has 4 heteroatoms. The summed E-state index contributed by atoms with van der Waals surface area (Å²) in [5, 5.41) is 3.19. The first kappa shape index (κ1) is 14.1. The van der Waals surface area contributed by atoms with Crippen molar-refractivity contribution in [2.45, 2.75) is 57.4 Å². The van der Waals surface area contributed by atoms with E-state index in [4.69, 9.17) is 5.73 Å². The van der Waals surface area contributed by atoms with Crippen molar-refractivity contribution in [3.05, 3.63) is 21.4 Å². The van der Waals surface area contributed by atoms with E-state index >= 15 is 0 Å². The van der Waals surface area contributed by atoms with Gasteiger partial charge in [0.2, 0.25) is 0 Å². The van der Waals surface area contributed by atoms with Crippen molar-refractivity contribution in [3.8, 4) is 0 Å². The Balaban J connectivity index is 1.63. The van der Waals surface area contributed by atoms with Crippen molar-refractivity contribution < 1.29 is 4.79 Å². The Morgan fingerprint density at radius 1 is 1.30 bits per heavy atom. The van der Waals surface area contributed by atoms with Gasteiger partial charge in [-0.05, 0) is 49.7 Å². The molecule has 3 nitrogen and oxygen atoms in total. The second-order valence-corrected chi connectivity index (χ2v) is 7.26. The fourth-order valence-electron chi connectivity index (χ4n) is 3.59. The average Bonchev–Trinajstić information content (AvgIpc) is 3.06. The Labute approximate surface area is 124 Å². The Morgan fingerprint density at radius 3 is 2.80 bits per heavy atom. The molecule has 20 heavy (non-hydrogen) atoms. The lowest BCUT2D eigenvalue weighted by molar-refractivity contribution is 0.0919. The summed E-state index contributed by atoms with van der Waals surface area (Å²) in [6.07, 6.45) is 9.86. The number of carbonyl (C=O) groups excluding carboxylic acids is 1. The highest BCUT2D eigenvalue weighted by Gasteiger charge is 2.25. The monoisotopic (exact) mass is 292 g/mol. The summed E-state index contributed by atoms with van der Waals surface area (Å²) >= 11 is 1.68. The fourth-order valence-corrected chi connectivity index (χ4v) is 4.74. The van der Waals surface area contributed by atoms with Gasteiger partial charge >= 0.3 is 0 Å². The molecule has 1 unspecified atom stereocenters. The van der Waals surface area contributed by atoms with Crippen molar-refractivity contribution in [1.29, 1.82) is 0 Å². The van der Waals surface area contributed by atoms with Crippen molar-refractivity contribution in [2.24, 2.45) is 11.7 Å². The van der Waals surface area contributed by atoms with Gasteiger partial charge in [-0.3, -0.25) is 4.79 Å². The lowest BCUT2D eigenvalue weighted by atomic mass is 9.84. The molecule has 0 radical (unpaired) electrons. The minimum atomic E-state index is 0.0884. The van der Waals surface area contributed by atoms with Crippen molar-refractivity contribution in [3.63, 3.8) is 0 Å². The molecular formula is C16H24N2OS. The van der Waals surface area contributed by atoms with Crippen LogP contribution in [0, 0.1) is 5.92 Å². The highest BCUT2D eigenvalue weighted by atomic mass is 32.1. The van der Waals surface area contributed by atoms with Crippen LogP contribution in [0.3, 0.4) is 0 Å². The van der Waals surface area contributed by atoms with Crippen LogP contribution in [0.5, 0.6) is 0 Å². The average molecular weight is 292 g/mol. The third-order valence-electron chi connectivity index (χ3n) is 4.76. The van der Waals surface area contributed by atoms with E-state index in [9.17, 15) is 4.79 Å². The summed E-state index contributed by atoms with van der Waals surface area (Å²) in [6.45, 7) is 0.557. The van der Waals surface area contributed by atoms with Crippen molar-refractivity contribution in [1.82, 2.24) is 5.32 Å². The molecule has 2 aliphatic carbocycles. The molecule has 1 heterocycles. The van der Waals surface area contributed by atoms with Crippen LogP contribution in [-0.2, 0) is 12.8 Å². The molecule has 2 aliphatic rings. The first-order valence-corrected chi connectivity index (χ1v) is 8.72. The SMILES string of the molecule is NCC(NC(=O)c1cc2c(s1)CCC2)C1CCCCC1. The normalized spacial score (nSPS) is 20.6. The number of amides is 1. The Bertz CT molecular complexity index is 455. The number of fused-ring (bicyclic) bond motifs is 1. The first-order chi connectivity index (χ1) is 9.78. The van der Waals surface area contributed by atoms with E-state index in [0.717, 1.165) is 17.7 Å². The van der Waals surface area contributed by atoms with E-state index in [2.05, 4.69) is 11.4 Å². The van der Waals surface area contributed by atoms with Gasteiger partial charge in [0.15, 0.2) is 0 Å². The molecule has 1 fully saturated rings. The van der Waals surface area contributed by atoms with Crippen LogP contribution < -0.4 is 11.1 Å². The number of hydrogen-bond acceptors (Lipinski definition) is 3. The molecule has 0 aliphatic heterocycles. The highest BCUT2D eigenvalue weighted by molar-refractivity contribution is 7.14. The van der Waals surface area contributed by atoms with E-state index in [1.54, 1.807) is 11.3 Å². The Morgan fingerprint density at radius 2 is 2.10 bits per heavy atom. The van der Waals surface area contributed by atoms with Gasteiger partial charge in [-0.15, -0.1) is 11.3 Å². The number of aryl methyl sites for hydroxylation is 2. The van der Waals surface area contributed by atoms with Crippen LogP contribution >= 0.6 is 11.3 Å². The number of nitrogens with one attached hydrogen (secondary N) is 1. The Kier molecular flexibility index (Phi) is 4.41. The first-order valence-electron chi connectivity index (χ1n) is 7.90. The molecule has 1 amide bonds. The minimum Gasteiger partial charge on any atom is -0.347 e. The van der Waals surface area contributed by atoms with Crippen LogP contribution in [0.15, 0.2) is 6.07 Å². The zero-order valence-electron chi connectivity index (χ0n) is 12.0. The number of thiophene rings is 1. The van der Waals surface area contributed by atoms with Crippen LogP contribution in [0.2, 0.25) is 0 Å². The van der Waals surface area contributed by atoms with Gasteiger partial charge in [0, 0.05) is 17.5 Å². The van der Waals surface area contributed by atoms with Crippen molar-refractivity contribution in [2.75, 3.05) is 6.54 Å². The zero-order chi connectivity index (χ0) is 13.9. The number of rotatable bonds is 4. The van der Waals surface area contributed by atoms with Gasteiger partial charge in [-0.25, -0.2) is 0 Å². The lowest BCUT2D eigenvalue weighted by Crippen LogP contribution is -2.45. The van der Waals surface area contributed by atoms with Crippen molar-refractivity contribution >= 4 is 17.2 Å². The molecule has 3 N–H and O–H groups in total. The molecule has 1 aromatic heterocycles. The quantitative estimate of drug-likeness (QED) is 0.896. The molecule has 1 saturated carbocycles. The molecular weight excluding hydrogens is 268 g/mol. The number of carbonyl (C=O) groups is 1. The lowest BCUT2D eigenvalue weighted by Gasteiger charge is -2.29. The zero-order valence-corrected chi connectivity index (χ0v) is 12.8. The Hall–Kier alpha value is -0.870. The molecule has 110 valence electrons. The maximum atomic E-state index is 12.4. The van der Waals surface area contributed by atoms with E-state index in [1.165, 1.54) is 49.0 Å². The summed E-state index contributed by atoms with van der Waals surface area (Å²) in [7, 11) is 0. The second-order valence-electron chi connectivity index (χ2n) is 6.13. The van der Waals surface area contributed by atoms with E-state index in [-0.39, 0.29) is 11.9 Å². The van der Waals surface area contributed by atoms with Crippen LogP contribution in [-0.4, -0.2) is 18.5 Å². The summed E-state index contributed by atoms with van der Waals surface area (Å²) in [5.74, 6) is 0.662. The smallest absolute Gasteiger partial charge is 0.261 e. The molecule has 3 rings (SSSR count). The standard InChI is InChI=1S/C16H24N2OS/c17-10-13(11-5-2-1-3-6-11)18-16(19)15-9-12-7-4-8-14(12)20-15/h9,11,13H,1-8,10,17H2,(H,18,19). The predicted molar refractivity (Wildman–Crippen MR) is 83.2 cm³/mol. The fraction of sp³-hybridized carbons (Fsp3) is 0.688. The molecule has 0 bridgehead atoms. The predicted octanol–water partition coefficient (Wildman–Crippen LogP) is 2.87. The summed E-state index contributed by atoms with van der Waals surface area (Å²) in [6, 6.07) is 2.25. The van der Waals surface area contributed by atoms with Gasteiger partial charge < -0.3 is 11.1 Å². The minimum absolute atomic E-state index is 0.0884. The summed E-state index contributed by atoms with van der Waals surface area (Å²) < 4.78 is 0. The number of nitrogens with two attached hydrogens (primary N) is 1. The molecule has 0 aromatic carbocycles. The van der Waals surface area contributed by atoms with Gasteiger partial charge in [0.05, 0.1) is 4.88 Å². The van der Waals surface area contributed by atoms with Gasteiger partial charge in [-0.1, -0.05) is 19.3 Å². The van der Waals surface area contributed by atoms with Crippen LogP contribution in [0.4, 0.5) is 0 Å². The summed E-state index contributed by atoms with van der Waals surface area (Å²) in [4.78, 5) is 14.7. The highest BCUT2D eigenvalue weighted by Crippen LogP contribution is 2.31. The molecule has 0 spiro atoms. The second kappa shape index (κ2) is 6.27. The van der Waals surface area contributed by atoms with E-state index in [0.29, 0.717) is 12.5 Å². The third kappa shape index (κ3) is 2.91. The van der Waals surface area contributed by atoms with Gasteiger partial charge in [0.25, 0.3) is 5.91 Å².